The summed E-state index contributed by atoms with van der Waals surface area (Å²) in [6.45, 7) is 8.85. The Kier molecular flexibility index (Phi) is 4.62. The molecular weight excluding hydrogens is 343 g/mol. The van der Waals surface area contributed by atoms with Gasteiger partial charge in [-0.2, -0.15) is 0 Å². The summed E-state index contributed by atoms with van der Waals surface area (Å²) in [5, 5.41) is 3.86. The van der Waals surface area contributed by atoms with Gasteiger partial charge in [0.25, 0.3) is 0 Å². The Labute approximate surface area is 164 Å². The molecule has 0 radical (unpaired) electrons. The Morgan fingerprint density at radius 1 is 0.593 bits per heavy atom. The lowest BCUT2D eigenvalue weighted by atomic mass is 9.86. The van der Waals surface area contributed by atoms with E-state index in [1.165, 1.54) is 60.6 Å². The molecule has 1 unspecified atom stereocenters. The lowest BCUT2D eigenvalue weighted by Crippen LogP contribution is -2.05. The summed E-state index contributed by atoms with van der Waals surface area (Å²) >= 11 is 0. The third-order valence-corrected chi connectivity index (χ3v) is 6.46. The minimum absolute atomic E-state index is 1.28. The fraction of sp³-hybridized carbons (Fsp3) is 0.154. The molecule has 4 rings (SSSR count). The summed E-state index contributed by atoms with van der Waals surface area (Å²) in [6.07, 6.45) is 0. The van der Waals surface area contributed by atoms with E-state index in [-0.39, 0.29) is 0 Å². The van der Waals surface area contributed by atoms with E-state index < -0.39 is 0 Å². The number of fused-ring (bicyclic) bond motifs is 1. The lowest BCUT2D eigenvalue weighted by molar-refractivity contribution is 1.33. The highest BCUT2D eigenvalue weighted by Gasteiger charge is 2.17. The van der Waals surface area contributed by atoms with E-state index in [1.807, 2.05) is 0 Å². The zero-order valence-electron chi connectivity index (χ0n) is 16.4. The van der Waals surface area contributed by atoms with Crippen LogP contribution in [0.1, 0.15) is 22.3 Å². The molecule has 0 saturated carbocycles. The normalized spacial score (nSPS) is 11.1. The number of hydrogen-bond acceptors (Lipinski definition) is 0. The molecule has 0 aliphatic rings. The molecule has 4 aromatic carbocycles. The highest BCUT2D eigenvalue weighted by atomic mass is 31.0. The third-order valence-electron chi connectivity index (χ3n) is 5.86. The number of rotatable bonds is 2. The van der Waals surface area contributed by atoms with Gasteiger partial charge in [-0.25, -0.2) is 0 Å². The fourth-order valence-electron chi connectivity index (χ4n) is 3.94. The first-order valence-electron chi connectivity index (χ1n) is 9.43. The van der Waals surface area contributed by atoms with Crippen LogP contribution in [0.5, 0.6) is 0 Å². The lowest BCUT2D eigenvalue weighted by Gasteiger charge is -2.20. The summed E-state index contributed by atoms with van der Waals surface area (Å²) in [6, 6.07) is 24.3. The Hall–Kier alpha value is -2.43. The van der Waals surface area contributed by atoms with E-state index in [9.17, 15) is 0 Å². The van der Waals surface area contributed by atoms with Crippen LogP contribution in [0.4, 0.5) is 0 Å². The molecule has 0 nitrogen and oxygen atoms in total. The molecule has 0 bridgehead atoms. The van der Waals surface area contributed by atoms with E-state index in [0.717, 1.165) is 0 Å². The first kappa shape index (κ1) is 18.0. The molecule has 0 aliphatic heterocycles. The second-order valence-corrected chi connectivity index (χ2v) is 8.01. The van der Waals surface area contributed by atoms with Gasteiger partial charge in [0.2, 0.25) is 0 Å². The quantitative estimate of drug-likeness (QED) is 0.337. The zero-order chi connectivity index (χ0) is 19.1. The monoisotopic (exact) mass is 368 g/mol. The van der Waals surface area contributed by atoms with Crippen molar-refractivity contribution in [1.29, 1.82) is 0 Å². The van der Waals surface area contributed by atoms with Crippen LogP contribution in [0.15, 0.2) is 66.7 Å². The Bertz CT molecular complexity index is 1170. The second-order valence-electron chi connectivity index (χ2n) is 7.43. The first-order chi connectivity index (χ1) is 13.0. The van der Waals surface area contributed by atoms with Crippen LogP contribution < -0.4 is 5.30 Å². The van der Waals surface area contributed by atoms with E-state index in [4.69, 9.17) is 0 Å². The van der Waals surface area contributed by atoms with Crippen molar-refractivity contribution in [3.63, 3.8) is 0 Å². The number of benzene rings is 4. The van der Waals surface area contributed by atoms with Crippen molar-refractivity contribution >= 4 is 25.3 Å². The van der Waals surface area contributed by atoms with Gasteiger partial charge < -0.3 is 0 Å². The van der Waals surface area contributed by atoms with Gasteiger partial charge in [-0.1, -0.05) is 60.7 Å². The van der Waals surface area contributed by atoms with Crippen molar-refractivity contribution in [3.05, 3.63) is 89.0 Å². The minimum Gasteiger partial charge on any atom is -0.104 e. The Morgan fingerprint density at radius 2 is 1.19 bits per heavy atom. The smallest absolute Gasteiger partial charge is 0.00244 e. The van der Waals surface area contributed by atoms with Crippen molar-refractivity contribution in [2.24, 2.45) is 0 Å². The van der Waals surface area contributed by atoms with Crippen LogP contribution in [0.2, 0.25) is 0 Å². The topological polar surface area (TPSA) is 0 Å². The van der Waals surface area contributed by atoms with E-state index >= 15 is 0 Å². The molecule has 0 fully saturated rings. The number of hydrogen-bond donors (Lipinski definition) is 0. The summed E-state index contributed by atoms with van der Waals surface area (Å²) < 4.78 is 0. The SMILES string of the molecule is Cc1cccc(-c2cc3ccccc3c(P)c2-c2cccc(C)c2C)c1C. The van der Waals surface area contributed by atoms with Gasteiger partial charge in [-0.05, 0) is 94.3 Å². The highest BCUT2D eigenvalue weighted by Crippen LogP contribution is 2.39. The summed E-state index contributed by atoms with van der Waals surface area (Å²) in [4.78, 5) is 0. The van der Waals surface area contributed by atoms with Crippen LogP contribution in [0.25, 0.3) is 33.0 Å². The van der Waals surface area contributed by atoms with Gasteiger partial charge in [0.05, 0.1) is 0 Å². The maximum Gasteiger partial charge on any atom is -0.00244 e. The molecule has 27 heavy (non-hydrogen) atoms. The first-order valence-corrected chi connectivity index (χ1v) is 10.0. The predicted octanol–water partition coefficient (Wildman–Crippen LogP) is 6.91. The van der Waals surface area contributed by atoms with Crippen molar-refractivity contribution < 1.29 is 0 Å². The predicted molar refractivity (Wildman–Crippen MR) is 123 cm³/mol. The van der Waals surface area contributed by atoms with Gasteiger partial charge in [-0.15, -0.1) is 9.24 Å². The molecule has 1 atom stereocenters. The van der Waals surface area contributed by atoms with Gasteiger partial charge in [0.15, 0.2) is 0 Å². The largest absolute Gasteiger partial charge is 0.104 e. The summed E-state index contributed by atoms with van der Waals surface area (Å²) in [5.74, 6) is 0. The van der Waals surface area contributed by atoms with E-state index in [2.05, 4.69) is 104 Å². The van der Waals surface area contributed by atoms with Crippen molar-refractivity contribution in [1.82, 2.24) is 0 Å². The van der Waals surface area contributed by atoms with Crippen LogP contribution in [0, 0.1) is 27.7 Å². The Balaban J connectivity index is 2.17. The zero-order valence-corrected chi connectivity index (χ0v) is 17.6. The van der Waals surface area contributed by atoms with Crippen LogP contribution in [0.3, 0.4) is 0 Å². The molecule has 0 N–H and O–H groups in total. The molecule has 0 aromatic heterocycles. The summed E-state index contributed by atoms with van der Waals surface area (Å²) in [5.41, 5.74) is 10.6. The van der Waals surface area contributed by atoms with Crippen molar-refractivity contribution in [2.45, 2.75) is 27.7 Å². The van der Waals surface area contributed by atoms with Crippen molar-refractivity contribution in [2.75, 3.05) is 0 Å². The standard InChI is InChI=1S/C26H25P/c1-16-9-7-13-21(18(16)3)24-15-20-11-5-6-12-23(20)26(27)25(24)22-14-8-10-17(2)19(22)4/h5-15H,27H2,1-4H3. The Morgan fingerprint density at radius 3 is 1.89 bits per heavy atom. The average Bonchev–Trinajstić information content (AvgIpc) is 2.67. The van der Waals surface area contributed by atoms with Crippen LogP contribution in [-0.2, 0) is 0 Å². The molecule has 134 valence electrons. The van der Waals surface area contributed by atoms with E-state index in [0.29, 0.717) is 0 Å². The molecule has 4 aromatic rings. The molecule has 0 amide bonds. The van der Waals surface area contributed by atoms with Crippen LogP contribution in [-0.4, -0.2) is 0 Å². The molecule has 0 heterocycles. The number of aryl methyl sites for hydroxylation is 2. The maximum absolute atomic E-state index is 3.03. The molecular formula is C26H25P. The molecule has 0 spiro atoms. The second kappa shape index (κ2) is 6.95. The van der Waals surface area contributed by atoms with Gasteiger partial charge in [0, 0.05) is 0 Å². The minimum atomic E-state index is 1.28. The molecule has 0 saturated heterocycles. The maximum atomic E-state index is 3.03. The third kappa shape index (κ3) is 2.99. The van der Waals surface area contributed by atoms with Crippen molar-refractivity contribution in [3.8, 4) is 22.3 Å². The van der Waals surface area contributed by atoms with Gasteiger partial charge >= 0.3 is 0 Å². The fourth-order valence-corrected chi connectivity index (χ4v) is 4.52. The highest BCUT2D eigenvalue weighted by molar-refractivity contribution is 7.29. The molecule has 0 aliphatic carbocycles. The van der Waals surface area contributed by atoms with Crippen LogP contribution >= 0.6 is 9.24 Å². The average molecular weight is 368 g/mol. The summed E-state index contributed by atoms with van der Waals surface area (Å²) in [7, 11) is 3.03. The van der Waals surface area contributed by atoms with E-state index in [1.54, 1.807) is 0 Å². The van der Waals surface area contributed by atoms with Gasteiger partial charge in [0.1, 0.15) is 0 Å². The molecule has 1 heteroatoms. The van der Waals surface area contributed by atoms with Gasteiger partial charge in [-0.3, -0.25) is 0 Å².